The second-order valence-electron chi connectivity index (χ2n) is 6.39. The van der Waals surface area contributed by atoms with Gasteiger partial charge in [0.05, 0.1) is 11.4 Å². The molecular weight excluding hydrogens is 368 g/mol. The molecule has 0 bridgehead atoms. The summed E-state index contributed by atoms with van der Waals surface area (Å²) in [6, 6.07) is 10.4. The van der Waals surface area contributed by atoms with Crippen LogP contribution in [-0.2, 0) is 4.79 Å². The molecule has 1 N–H and O–H groups in total. The Hall–Kier alpha value is -2.73. The maximum Gasteiger partial charge on any atom is 0.224 e. The lowest BCUT2D eigenvalue weighted by Crippen LogP contribution is -2.18. The highest BCUT2D eigenvalue weighted by atomic mass is 35.5. The number of hydrogen-bond acceptors (Lipinski definition) is 5. The van der Waals surface area contributed by atoms with Crippen LogP contribution in [0.4, 0.5) is 11.4 Å². The Morgan fingerprint density at radius 3 is 2.52 bits per heavy atom. The third kappa shape index (κ3) is 4.71. The Balaban J connectivity index is 1.61. The summed E-state index contributed by atoms with van der Waals surface area (Å²) in [5.74, 6) is 0.825. The predicted molar refractivity (Wildman–Crippen MR) is 105 cm³/mol. The average Bonchev–Trinajstić information content (AvgIpc) is 2.65. The molecule has 2 aromatic rings. The van der Waals surface area contributed by atoms with E-state index in [0.29, 0.717) is 41.0 Å². The van der Waals surface area contributed by atoms with E-state index in [1.54, 1.807) is 30.3 Å². The summed E-state index contributed by atoms with van der Waals surface area (Å²) in [7, 11) is 3.76. The molecule has 0 spiro atoms. The van der Waals surface area contributed by atoms with Crippen molar-refractivity contribution in [2.24, 2.45) is 0 Å². The Labute approximate surface area is 163 Å². The van der Waals surface area contributed by atoms with Gasteiger partial charge in [0, 0.05) is 37.5 Å². The van der Waals surface area contributed by atoms with Gasteiger partial charge in [-0.2, -0.15) is 0 Å². The number of Topliss-reactive ketones (excluding diaryl/α,β-unsaturated/α-hetero) is 1. The first-order valence-corrected chi connectivity index (χ1v) is 9.01. The van der Waals surface area contributed by atoms with Gasteiger partial charge in [0.25, 0.3) is 0 Å². The fourth-order valence-electron chi connectivity index (χ4n) is 2.80. The minimum Gasteiger partial charge on any atom is -0.486 e. The SMILES string of the molecule is CN(C)c1ccc(Cl)cc1NC(=O)CCC(=O)c1ccc2c(c1)OCCO2. The fraction of sp³-hybridized carbons (Fsp3) is 0.300. The number of ether oxygens (including phenoxy) is 2. The van der Waals surface area contributed by atoms with Crippen LogP contribution in [0.25, 0.3) is 0 Å². The molecule has 0 aliphatic carbocycles. The zero-order valence-corrected chi connectivity index (χ0v) is 16.0. The Bertz CT molecular complexity index is 867. The summed E-state index contributed by atoms with van der Waals surface area (Å²) in [6.07, 6.45) is 0.177. The third-order valence-electron chi connectivity index (χ3n) is 4.16. The summed E-state index contributed by atoms with van der Waals surface area (Å²) >= 11 is 6.02. The Morgan fingerprint density at radius 2 is 1.78 bits per heavy atom. The first-order chi connectivity index (χ1) is 12.9. The minimum absolute atomic E-state index is 0.0760. The number of nitrogens with zero attached hydrogens (tertiary/aromatic N) is 1. The highest BCUT2D eigenvalue weighted by Crippen LogP contribution is 2.31. The van der Waals surface area contributed by atoms with Crippen LogP contribution >= 0.6 is 11.6 Å². The highest BCUT2D eigenvalue weighted by molar-refractivity contribution is 6.31. The molecule has 0 unspecified atom stereocenters. The molecule has 2 aromatic carbocycles. The molecule has 0 saturated heterocycles. The quantitative estimate of drug-likeness (QED) is 0.763. The normalized spacial score (nSPS) is 12.4. The number of amides is 1. The maximum absolute atomic E-state index is 12.4. The van der Waals surface area contributed by atoms with Crippen LogP contribution in [-0.4, -0.2) is 39.0 Å². The molecule has 1 heterocycles. The number of hydrogen-bond donors (Lipinski definition) is 1. The van der Waals surface area contributed by atoms with Gasteiger partial charge >= 0.3 is 0 Å². The summed E-state index contributed by atoms with van der Waals surface area (Å²) in [6.45, 7) is 0.958. The van der Waals surface area contributed by atoms with Gasteiger partial charge in [0.2, 0.25) is 5.91 Å². The van der Waals surface area contributed by atoms with Gasteiger partial charge in [0.15, 0.2) is 17.3 Å². The molecule has 3 rings (SSSR count). The van der Waals surface area contributed by atoms with Crippen molar-refractivity contribution in [2.45, 2.75) is 12.8 Å². The van der Waals surface area contributed by atoms with Gasteiger partial charge in [-0.25, -0.2) is 0 Å². The second kappa shape index (κ2) is 8.31. The molecule has 0 atom stereocenters. The van der Waals surface area contributed by atoms with Crippen molar-refractivity contribution in [3.05, 3.63) is 47.0 Å². The predicted octanol–water partition coefficient (Wildman–Crippen LogP) is 3.78. The van der Waals surface area contributed by atoms with Crippen molar-refractivity contribution in [1.29, 1.82) is 0 Å². The maximum atomic E-state index is 12.4. The molecule has 0 saturated carbocycles. The van der Waals surface area contributed by atoms with Gasteiger partial charge in [0.1, 0.15) is 13.2 Å². The lowest BCUT2D eigenvalue weighted by Gasteiger charge is -2.19. The zero-order chi connectivity index (χ0) is 19.4. The van der Waals surface area contributed by atoms with Crippen molar-refractivity contribution in [3.8, 4) is 11.5 Å². The number of halogens is 1. The van der Waals surface area contributed by atoms with Crippen LogP contribution in [0.5, 0.6) is 11.5 Å². The van der Waals surface area contributed by atoms with Crippen molar-refractivity contribution in [3.63, 3.8) is 0 Å². The molecule has 0 aromatic heterocycles. The van der Waals surface area contributed by atoms with E-state index >= 15 is 0 Å². The monoisotopic (exact) mass is 388 g/mol. The summed E-state index contributed by atoms with van der Waals surface area (Å²) < 4.78 is 10.9. The van der Waals surface area contributed by atoms with E-state index < -0.39 is 0 Å². The smallest absolute Gasteiger partial charge is 0.224 e. The standard InChI is InChI=1S/C20H21ClN2O4/c1-23(2)16-5-4-14(21)12-15(16)22-20(25)8-6-17(24)13-3-7-18-19(11-13)27-10-9-26-18/h3-5,7,11-12H,6,8-10H2,1-2H3,(H,22,25). The molecule has 27 heavy (non-hydrogen) atoms. The lowest BCUT2D eigenvalue weighted by atomic mass is 10.1. The largest absolute Gasteiger partial charge is 0.486 e. The van der Waals surface area contributed by atoms with E-state index in [0.717, 1.165) is 5.69 Å². The number of fused-ring (bicyclic) bond motifs is 1. The third-order valence-corrected chi connectivity index (χ3v) is 4.39. The molecule has 7 heteroatoms. The van der Waals surface area contributed by atoms with Crippen molar-refractivity contribution in [1.82, 2.24) is 0 Å². The number of ketones is 1. The molecule has 0 fully saturated rings. The van der Waals surface area contributed by atoms with E-state index in [2.05, 4.69) is 5.32 Å². The molecule has 1 aliphatic heterocycles. The summed E-state index contributed by atoms with van der Waals surface area (Å²) in [4.78, 5) is 26.6. The fourth-order valence-corrected chi connectivity index (χ4v) is 2.97. The van der Waals surface area contributed by atoms with Crippen molar-refractivity contribution < 1.29 is 19.1 Å². The van der Waals surface area contributed by atoms with E-state index in [9.17, 15) is 9.59 Å². The number of rotatable bonds is 6. The molecule has 1 amide bonds. The van der Waals surface area contributed by atoms with E-state index in [-0.39, 0.29) is 24.5 Å². The lowest BCUT2D eigenvalue weighted by molar-refractivity contribution is -0.116. The number of carbonyl (C=O) groups is 2. The average molecular weight is 389 g/mol. The second-order valence-corrected chi connectivity index (χ2v) is 6.82. The van der Waals surface area contributed by atoms with Gasteiger partial charge in [-0.3, -0.25) is 9.59 Å². The molecule has 142 valence electrons. The summed E-state index contributed by atoms with van der Waals surface area (Å²) in [5, 5.41) is 3.36. The van der Waals surface area contributed by atoms with Crippen LogP contribution in [0.3, 0.4) is 0 Å². The first kappa shape index (κ1) is 19.0. The number of nitrogens with one attached hydrogen (secondary N) is 1. The van der Waals surface area contributed by atoms with Crippen LogP contribution in [0.2, 0.25) is 5.02 Å². The number of anilines is 2. The summed E-state index contributed by atoms with van der Waals surface area (Å²) in [5.41, 5.74) is 1.96. The van der Waals surface area contributed by atoms with E-state index in [1.165, 1.54) is 0 Å². The number of carbonyl (C=O) groups excluding carboxylic acids is 2. The number of benzene rings is 2. The highest BCUT2D eigenvalue weighted by Gasteiger charge is 2.16. The molecule has 6 nitrogen and oxygen atoms in total. The van der Waals surface area contributed by atoms with Crippen LogP contribution in [0.1, 0.15) is 23.2 Å². The Kier molecular flexibility index (Phi) is 5.86. The molecule has 0 radical (unpaired) electrons. The van der Waals surface area contributed by atoms with Gasteiger partial charge in [-0.15, -0.1) is 0 Å². The topological polar surface area (TPSA) is 67.9 Å². The van der Waals surface area contributed by atoms with Crippen LogP contribution in [0, 0.1) is 0 Å². The van der Waals surface area contributed by atoms with E-state index in [4.69, 9.17) is 21.1 Å². The van der Waals surface area contributed by atoms with Gasteiger partial charge in [-0.1, -0.05) is 11.6 Å². The van der Waals surface area contributed by atoms with Crippen LogP contribution in [0.15, 0.2) is 36.4 Å². The van der Waals surface area contributed by atoms with Crippen molar-refractivity contribution >= 4 is 34.7 Å². The van der Waals surface area contributed by atoms with Gasteiger partial charge < -0.3 is 19.7 Å². The van der Waals surface area contributed by atoms with Crippen molar-refractivity contribution in [2.75, 3.05) is 37.5 Å². The minimum atomic E-state index is -0.244. The van der Waals surface area contributed by atoms with E-state index in [1.807, 2.05) is 25.1 Å². The first-order valence-electron chi connectivity index (χ1n) is 8.63. The zero-order valence-electron chi connectivity index (χ0n) is 15.3. The van der Waals surface area contributed by atoms with Gasteiger partial charge in [-0.05, 0) is 36.4 Å². The molecule has 1 aliphatic rings. The molecular formula is C20H21ClN2O4. The van der Waals surface area contributed by atoms with Crippen LogP contribution < -0.4 is 19.7 Å². The Morgan fingerprint density at radius 1 is 1.04 bits per heavy atom.